The van der Waals surface area contributed by atoms with Crippen molar-refractivity contribution in [3.05, 3.63) is 57.8 Å². The molecule has 7 heteroatoms. The molecule has 1 N–H and O–H groups in total. The molecular weight excluding hydrogens is 349 g/mol. The lowest BCUT2D eigenvalue weighted by molar-refractivity contribution is 0.0773. The average Bonchev–Trinajstić information content (AvgIpc) is 2.58. The largest absolute Gasteiger partial charge is 0.339 e. The van der Waals surface area contributed by atoms with Crippen LogP contribution in [0.2, 0.25) is 10.0 Å². The highest BCUT2D eigenvalue weighted by Gasteiger charge is 2.16. The highest BCUT2D eigenvalue weighted by atomic mass is 35.5. The summed E-state index contributed by atoms with van der Waals surface area (Å²) in [6, 6.07) is 7.82. The second-order valence-electron chi connectivity index (χ2n) is 4.99. The van der Waals surface area contributed by atoms with Gasteiger partial charge in [0.15, 0.2) is 0 Å². The van der Waals surface area contributed by atoms with Gasteiger partial charge in [-0.2, -0.15) is 0 Å². The SMILES string of the molecule is CCN(CC)C(=O)c1ccnc(C(=O)Nc2ccc(Cl)cc2Cl)c1. The summed E-state index contributed by atoms with van der Waals surface area (Å²) in [5, 5.41) is 3.46. The van der Waals surface area contributed by atoms with Gasteiger partial charge in [-0.05, 0) is 44.2 Å². The molecule has 2 rings (SSSR count). The molecule has 0 saturated carbocycles. The molecule has 0 saturated heterocycles. The maximum absolute atomic E-state index is 12.4. The minimum atomic E-state index is -0.451. The number of benzene rings is 1. The second kappa shape index (κ2) is 8.13. The minimum Gasteiger partial charge on any atom is -0.339 e. The Bertz CT molecular complexity index is 761. The molecule has 1 aromatic carbocycles. The van der Waals surface area contributed by atoms with Crippen LogP contribution in [0.3, 0.4) is 0 Å². The Kier molecular flexibility index (Phi) is 6.17. The summed E-state index contributed by atoms with van der Waals surface area (Å²) in [7, 11) is 0. The van der Waals surface area contributed by atoms with Crippen molar-refractivity contribution < 1.29 is 9.59 Å². The van der Waals surface area contributed by atoms with E-state index < -0.39 is 5.91 Å². The van der Waals surface area contributed by atoms with Crippen LogP contribution in [0.1, 0.15) is 34.7 Å². The van der Waals surface area contributed by atoms with Gasteiger partial charge < -0.3 is 10.2 Å². The van der Waals surface area contributed by atoms with E-state index in [2.05, 4.69) is 10.3 Å². The summed E-state index contributed by atoms with van der Waals surface area (Å²) in [5.41, 5.74) is 0.980. The van der Waals surface area contributed by atoms with Crippen molar-refractivity contribution in [1.29, 1.82) is 0 Å². The van der Waals surface area contributed by atoms with E-state index in [1.165, 1.54) is 18.3 Å². The van der Waals surface area contributed by atoms with Gasteiger partial charge >= 0.3 is 0 Å². The number of hydrogen-bond donors (Lipinski definition) is 1. The van der Waals surface area contributed by atoms with Crippen molar-refractivity contribution in [3.8, 4) is 0 Å². The molecule has 2 amide bonds. The van der Waals surface area contributed by atoms with E-state index in [-0.39, 0.29) is 11.6 Å². The highest BCUT2D eigenvalue weighted by Crippen LogP contribution is 2.25. The number of halogens is 2. The van der Waals surface area contributed by atoms with Crippen LogP contribution in [-0.2, 0) is 0 Å². The normalized spacial score (nSPS) is 10.3. The van der Waals surface area contributed by atoms with E-state index in [1.54, 1.807) is 23.1 Å². The minimum absolute atomic E-state index is 0.138. The first-order valence-corrected chi connectivity index (χ1v) is 8.23. The van der Waals surface area contributed by atoms with Gasteiger partial charge in [-0.3, -0.25) is 14.6 Å². The van der Waals surface area contributed by atoms with Gasteiger partial charge in [0.05, 0.1) is 10.7 Å². The van der Waals surface area contributed by atoms with Crippen molar-refractivity contribution in [1.82, 2.24) is 9.88 Å². The van der Waals surface area contributed by atoms with Gasteiger partial charge in [0.25, 0.3) is 11.8 Å². The molecule has 0 spiro atoms. The highest BCUT2D eigenvalue weighted by molar-refractivity contribution is 6.36. The lowest BCUT2D eigenvalue weighted by atomic mass is 10.2. The Morgan fingerprint density at radius 3 is 2.46 bits per heavy atom. The third kappa shape index (κ3) is 4.24. The summed E-state index contributed by atoms with van der Waals surface area (Å²) in [6.07, 6.45) is 1.44. The van der Waals surface area contributed by atoms with E-state index in [0.29, 0.717) is 34.4 Å². The molecule has 0 fully saturated rings. The molecule has 1 heterocycles. The maximum Gasteiger partial charge on any atom is 0.274 e. The molecule has 0 radical (unpaired) electrons. The van der Waals surface area contributed by atoms with Crippen molar-refractivity contribution in [2.24, 2.45) is 0 Å². The molecule has 5 nitrogen and oxygen atoms in total. The Labute approximate surface area is 150 Å². The first-order valence-electron chi connectivity index (χ1n) is 7.48. The van der Waals surface area contributed by atoms with E-state index in [4.69, 9.17) is 23.2 Å². The zero-order chi connectivity index (χ0) is 17.7. The molecule has 0 atom stereocenters. The number of nitrogens with zero attached hydrogens (tertiary/aromatic N) is 2. The van der Waals surface area contributed by atoms with Crippen molar-refractivity contribution in [2.45, 2.75) is 13.8 Å². The molecule has 0 bridgehead atoms. The van der Waals surface area contributed by atoms with Crippen LogP contribution in [0, 0.1) is 0 Å². The summed E-state index contributed by atoms with van der Waals surface area (Å²) < 4.78 is 0. The molecule has 1 aromatic heterocycles. The molecule has 2 aromatic rings. The predicted octanol–water partition coefficient (Wildman–Crippen LogP) is 4.12. The number of pyridine rings is 1. The number of nitrogens with one attached hydrogen (secondary N) is 1. The van der Waals surface area contributed by atoms with Gasteiger partial charge in [0.2, 0.25) is 0 Å². The summed E-state index contributed by atoms with van der Waals surface area (Å²) in [4.78, 5) is 30.4. The van der Waals surface area contributed by atoms with Crippen LogP contribution in [0.15, 0.2) is 36.5 Å². The first-order chi connectivity index (χ1) is 11.5. The Hall–Kier alpha value is -2.11. The van der Waals surface area contributed by atoms with Crippen molar-refractivity contribution >= 4 is 40.7 Å². The lowest BCUT2D eigenvalue weighted by Crippen LogP contribution is -2.30. The maximum atomic E-state index is 12.4. The summed E-state index contributed by atoms with van der Waals surface area (Å²) in [5.74, 6) is -0.589. The lowest BCUT2D eigenvalue weighted by Gasteiger charge is -2.18. The zero-order valence-electron chi connectivity index (χ0n) is 13.3. The fraction of sp³-hybridized carbons (Fsp3) is 0.235. The van der Waals surface area contributed by atoms with E-state index >= 15 is 0 Å². The Morgan fingerprint density at radius 1 is 1.12 bits per heavy atom. The number of carbonyl (C=O) groups excluding carboxylic acids is 2. The van der Waals surface area contributed by atoms with Gasteiger partial charge in [-0.25, -0.2) is 0 Å². The molecule has 0 unspecified atom stereocenters. The second-order valence-corrected chi connectivity index (χ2v) is 5.83. The summed E-state index contributed by atoms with van der Waals surface area (Å²) in [6.45, 7) is 5.00. The number of anilines is 1. The fourth-order valence-corrected chi connectivity index (χ4v) is 2.61. The van der Waals surface area contributed by atoms with Crippen LogP contribution < -0.4 is 5.32 Å². The third-order valence-corrected chi connectivity index (χ3v) is 4.02. The monoisotopic (exact) mass is 365 g/mol. The van der Waals surface area contributed by atoms with Gasteiger partial charge in [-0.15, -0.1) is 0 Å². The van der Waals surface area contributed by atoms with Crippen LogP contribution >= 0.6 is 23.2 Å². The average molecular weight is 366 g/mol. The smallest absolute Gasteiger partial charge is 0.274 e. The molecule has 126 valence electrons. The molecule has 0 aliphatic rings. The van der Waals surface area contributed by atoms with Crippen LogP contribution in [0.5, 0.6) is 0 Å². The topological polar surface area (TPSA) is 62.3 Å². The van der Waals surface area contributed by atoms with Crippen molar-refractivity contribution in [2.75, 3.05) is 18.4 Å². The van der Waals surface area contributed by atoms with Gasteiger partial charge in [0, 0.05) is 29.9 Å². The third-order valence-electron chi connectivity index (χ3n) is 3.47. The Morgan fingerprint density at radius 2 is 1.83 bits per heavy atom. The van der Waals surface area contributed by atoms with E-state index in [0.717, 1.165) is 0 Å². The van der Waals surface area contributed by atoms with E-state index in [9.17, 15) is 9.59 Å². The number of aromatic nitrogens is 1. The zero-order valence-corrected chi connectivity index (χ0v) is 14.9. The van der Waals surface area contributed by atoms with Crippen LogP contribution in [0.25, 0.3) is 0 Å². The number of carbonyl (C=O) groups is 2. The number of rotatable bonds is 5. The van der Waals surface area contributed by atoms with Crippen molar-refractivity contribution in [3.63, 3.8) is 0 Å². The first kappa shape index (κ1) is 18.2. The number of amides is 2. The summed E-state index contributed by atoms with van der Waals surface area (Å²) >= 11 is 11.9. The van der Waals surface area contributed by atoms with Crippen LogP contribution in [-0.4, -0.2) is 34.8 Å². The standard InChI is InChI=1S/C17H17Cl2N3O2/c1-3-22(4-2)17(24)11-7-8-20-15(9-11)16(23)21-14-6-5-12(18)10-13(14)19/h5-10H,3-4H2,1-2H3,(H,21,23). The van der Waals surface area contributed by atoms with E-state index in [1.807, 2.05) is 13.8 Å². The molecule has 24 heavy (non-hydrogen) atoms. The Balaban J connectivity index is 2.21. The van der Waals surface area contributed by atoms with Gasteiger partial charge in [0.1, 0.15) is 5.69 Å². The van der Waals surface area contributed by atoms with Crippen LogP contribution in [0.4, 0.5) is 5.69 Å². The van der Waals surface area contributed by atoms with Gasteiger partial charge in [-0.1, -0.05) is 23.2 Å². The molecule has 0 aliphatic heterocycles. The number of hydrogen-bond acceptors (Lipinski definition) is 3. The fourth-order valence-electron chi connectivity index (χ4n) is 2.16. The quantitative estimate of drug-likeness (QED) is 0.866. The molecular formula is C17H17Cl2N3O2. The predicted molar refractivity (Wildman–Crippen MR) is 95.9 cm³/mol. The molecule has 0 aliphatic carbocycles.